The summed E-state index contributed by atoms with van der Waals surface area (Å²) in [6, 6.07) is 9.43. The van der Waals surface area contributed by atoms with Gasteiger partial charge in [0.1, 0.15) is 11.2 Å². The minimum atomic E-state index is -1.16. The van der Waals surface area contributed by atoms with Crippen LogP contribution in [0.4, 0.5) is 0 Å². The summed E-state index contributed by atoms with van der Waals surface area (Å²) in [7, 11) is -1.16. The quantitative estimate of drug-likeness (QED) is 0.545. The highest BCUT2D eigenvalue weighted by Crippen LogP contribution is 2.22. The summed E-state index contributed by atoms with van der Waals surface area (Å²) in [6.07, 6.45) is 1.56. The predicted molar refractivity (Wildman–Crippen MR) is 88.3 cm³/mol. The van der Waals surface area contributed by atoms with Gasteiger partial charge in [-0.25, -0.2) is 4.79 Å². The topological polar surface area (TPSA) is 73.6 Å². The van der Waals surface area contributed by atoms with E-state index >= 15 is 0 Å². The van der Waals surface area contributed by atoms with E-state index in [2.05, 4.69) is 0 Å². The van der Waals surface area contributed by atoms with Crippen molar-refractivity contribution >= 4 is 38.7 Å². The maximum absolute atomic E-state index is 12.6. The predicted octanol–water partition coefficient (Wildman–Crippen LogP) is 2.86. The maximum Gasteiger partial charge on any atom is 0.338 e. The number of hydrogen-bond donors (Lipinski definition) is 0. The molecule has 0 spiro atoms. The zero-order valence-electron chi connectivity index (χ0n) is 12.6. The van der Waals surface area contributed by atoms with Crippen LogP contribution in [0.1, 0.15) is 17.3 Å². The Labute approximate surface area is 134 Å². The molecule has 1 atom stereocenters. The number of fused-ring (bicyclic) bond motifs is 2. The number of ether oxygens (including phenoxy) is 1. The molecule has 0 aliphatic carbocycles. The number of carbonyl (C=O) groups excluding carboxylic acids is 1. The fraction of sp³-hybridized carbons (Fsp3) is 0.176. The van der Waals surface area contributed by atoms with Crippen LogP contribution in [0.5, 0.6) is 0 Å². The lowest BCUT2D eigenvalue weighted by Crippen LogP contribution is -2.07. The van der Waals surface area contributed by atoms with Gasteiger partial charge in [-0.3, -0.25) is 9.00 Å². The lowest BCUT2D eigenvalue weighted by atomic mass is 10.1. The largest absolute Gasteiger partial charge is 0.462 e. The second-order valence-electron chi connectivity index (χ2n) is 4.97. The number of esters is 1. The lowest BCUT2D eigenvalue weighted by Gasteiger charge is -2.05. The van der Waals surface area contributed by atoms with Crippen LogP contribution in [0.2, 0.25) is 0 Å². The van der Waals surface area contributed by atoms with Crippen molar-refractivity contribution in [2.45, 2.75) is 11.8 Å². The van der Waals surface area contributed by atoms with E-state index in [0.717, 1.165) is 0 Å². The second-order valence-corrected chi connectivity index (χ2v) is 6.35. The fourth-order valence-electron chi connectivity index (χ4n) is 2.35. The van der Waals surface area contributed by atoms with Gasteiger partial charge in [0.05, 0.1) is 22.9 Å². The zero-order chi connectivity index (χ0) is 16.6. The first-order valence-corrected chi connectivity index (χ1v) is 8.58. The standard InChI is InChI=1S/C17H14O5S/c1-3-21-17(19)10-4-7-14-13(8-10)16(18)12-6-5-11(23(2)20)9-15(12)22-14/h4-9H,3H2,1-2H3. The summed E-state index contributed by atoms with van der Waals surface area (Å²) in [4.78, 5) is 25.0. The average Bonchev–Trinajstić information content (AvgIpc) is 2.54. The molecule has 0 N–H and O–H groups in total. The Morgan fingerprint density at radius 1 is 1.13 bits per heavy atom. The fourth-order valence-corrected chi connectivity index (χ4v) is 2.89. The Kier molecular flexibility index (Phi) is 4.00. The first-order chi connectivity index (χ1) is 11.0. The Hall–Kier alpha value is -2.47. The molecule has 0 fully saturated rings. The third-order valence-corrected chi connectivity index (χ3v) is 4.40. The summed E-state index contributed by atoms with van der Waals surface area (Å²) in [5.41, 5.74) is 0.812. The van der Waals surface area contributed by atoms with Crippen LogP contribution in [-0.2, 0) is 15.5 Å². The molecule has 0 saturated carbocycles. The third-order valence-electron chi connectivity index (χ3n) is 3.48. The Morgan fingerprint density at radius 2 is 1.91 bits per heavy atom. The maximum atomic E-state index is 12.6. The summed E-state index contributed by atoms with van der Waals surface area (Å²) >= 11 is 0. The van der Waals surface area contributed by atoms with Crippen molar-refractivity contribution in [1.82, 2.24) is 0 Å². The molecule has 5 nitrogen and oxygen atoms in total. The summed E-state index contributed by atoms with van der Waals surface area (Å²) < 4.78 is 22.2. The number of benzene rings is 2. The lowest BCUT2D eigenvalue weighted by molar-refractivity contribution is 0.0526. The number of carbonyl (C=O) groups is 1. The van der Waals surface area contributed by atoms with Crippen LogP contribution in [0.15, 0.2) is 50.5 Å². The van der Waals surface area contributed by atoms with E-state index in [-0.39, 0.29) is 12.0 Å². The first-order valence-electron chi connectivity index (χ1n) is 7.02. The minimum Gasteiger partial charge on any atom is -0.462 e. The Morgan fingerprint density at radius 3 is 2.61 bits per heavy atom. The highest BCUT2D eigenvalue weighted by molar-refractivity contribution is 7.84. The smallest absolute Gasteiger partial charge is 0.338 e. The van der Waals surface area contributed by atoms with Crippen molar-refractivity contribution in [2.75, 3.05) is 12.9 Å². The van der Waals surface area contributed by atoms with Gasteiger partial charge in [0.15, 0.2) is 0 Å². The van der Waals surface area contributed by atoms with Gasteiger partial charge in [0.2, 0.25) is 5.43 Å². The van der Waals surface area contributed by atoms with Gasteiger partial charge < -0.3 is 9.15 Å². The van der Waals surface area contributed by atoms with Crippen LogP contribution in [0, 0.1) is 0 Å². The molecule has 3 aromatic rings. The molecule has 3 rings (SSSR count). The van der Waals surface area contributed by atoms with Crippen molar-refractivity contribution in [2.24, 2.45) is 0 Å². The van der Waals surface area contributed by atoms with Crippen LogP contribution >= 0.6 is 0 Å². The van der Waals surface area contributed by atoms with Gasteiger partial charge in [-0.1, -0.05) is 0 Å². The monoisotopic (exact) mass is 330 g/mol. The van der Waals surface area contributed by atoms with E-state index in [0.29, 0.717) is 32.4 Å². The third kappa shape index (κ3) is 2.77. The molecule has 2 aromatic carbocycles. The minimum absolute atomic E-state index is 0.235. The van der Waals surface area contributed by atoms with Gasteiger partial charge in [-0.2, -0.15) is 0 Å². The molecule has 0 aliphatic heterocycles. The molecule has 0 amide bonds. The van der Waals surface area contributed by atoms with Gasteiger partial charge in [-0.15, -0.1) is 0 Å². The zero-order valence-corrected chi connectivity index (χ0v) is 13.4. The molecule has 0 bridgehead atoms. The Balaban J connectivity index is 2.25. The van der Waals surface area contributed by atoms with Gasteiger partial charge in [-0.05, 0) is 43.3 Å². The van der Waals surface area contributed by atoms with E-state index in [4.69, 9.17) is 9.15 Å². The normalized spacial score (nSPS) is 12.4. The van der Waals surface area contributed by atoms with E-state index in [1.165, 1.54) is 6.07 Å². The molecule has 0 radical (unpaired) electrons. The van der Waals surface area contributed by atoms with Crippen molar-refractivity contribution < 1.29 is 18.2 Å². The van der Waals surface area contributed by atoms with Crippen molar-refractivity contribution in [3.05, 3.63) is 52.2 Å². The van der Waals surface area contributed by atoms with E-state index in [1.54, 1.807) is 43.5 Å². The highest BCUT2D eigenvalue weighted by atomic mass is 32.2. The Bertz CT molecular complexity index is 1000. The molecule has 1 unspecified atom stereocenters. The molecule has 118 valence electrons. The van der Waals surface area contributed by atoms with Gasteiger partial charge in [0, 0.05) is 22.0 Å². The molecule has 0 aliphatic rings. The summed E-state index contributed by atoms with van der Waals surface area (Å²) in [6.45, 7) is 1.98. The number of hydrogen-bond acceptors (Lipinski definition) is 5. The molecule has 0 saturated heterocycles. The first kappa shape index (κ1) is 15.4. The molecular weight excluding hydrogens is 316 g/mol. The van der Waals surface area contributed by atoms with Crippen molar-refractivity contribution in [1.29, 1.82) is 0 Å². The van der Waals surface area contributed by atoms with E-state index in [9.17, 15) is 13.8 Å². The highest BCUT2D eigenvalue weighted by Gasteiger charge is 2.13. The van der Waals surface area contributed by atoms with Crippen molar-refractivity contribution in [3.8, 4) is 0 Å². The summed E-state index contributed by atoms with van der Waals surface area (Å²) in [5, 5.41) is 0.695. The van der Waals surface area contributed by atoms with Crippen LogP contribution < -0.4 is 5.43 Å². The van der Waals surface area contributed by atoms with E-state index in [1.807, 2.05) is 0 Å². The second kappa shape index (κ2) is 5.96. The van der Waals surface area contributed by atoms with Gasteiger partial charge >= 0.3 is 5.97 Å². The molecule has 1 heterocycles. The van der Waals surface area contributed by atoms with Crippen LogP contribution in [0.3, 0.4) is 0 Å². The molecule has 1 aromatic heterocycles. The van der Waals surface area contributed by atoms with Crippen LogP contribution in [-0.4, -0.2) is 23.0 Å². The van der Waals surface area contributed by atoms with Crippen LogP contribution in [0.25, 0.3) is 21.9 Å². The van der Waals surface area contributed by atoms with Crippen molar-refractivity contribution in [3.63, 3.8) is 0 Å². The average molecular weight is 330 g/mol. The summed E-state index contributed by atoms with van der Waals surface area (Å²) in [5.74, 6) is -0.481. The van der Waals surface area contributed by atoms with E-state index < -0.39 is 16.8 Å². The SMILES string of the molecule is CCOC(=O)c1ccc2oc3cc(S(C)=O)ccc3c(=O)c2c1. The number of rotatable bonds is 3. The molecular formula is C17H14O5S. The molecule has 23 heavy (non-hydrogen) atoms. The molecule has 6 heteroatoms. The van der Waals surface area contributed by atoms with Gasteiger partial charge in [0.25, 0.3) is 0 Å².